The van der Waals surface area contributed by atoms with Gasteiger partial charge in [0.2, 0.25) is 0 Å². The van der Waals surface area contributed by atoms with E-state index in [0.29, 0.717) is 0 Å². The summed E-state index contributed by atoms with van der Waals surface area (Å²) in [6.07, 6.45) is 2.26. The van der Waals surface area contributed by atoms with Crippen LogP contribution in [-0.2, 0) is 0 Å². The highest BCUT2D eigenvalue weighted by Gasteiger charge is 2.10. The summed E-state index contributed by atoms with van der Waals surface area (Å²) < 4.78 is 5.48. The summed E-state index contributed by atoms with van der Waals surface area (Å²) in [5, 5.41) is 3.59. The first-order valence-electron chi connectivity index (χ1n) is 8.97. The Morgan fingerprint density at radius 1 is 0.846 bits per heavy atom. The number of nitrogens with one attached hydrogen (secondary N) is 1. The van der Waals surface area contributed by atoms with E-state index in [2.05, 4.69) is 72.9 Å². The summed E-state index contributed by atoms with van der Waals surface area (Å²) in [6, 6.07) is 29.4. The molecule has 0 aliphatic rings. The number of ether oxygens (including phenoxy) is 1. The average Bonchev–Trinajstić information content (AvgIpc) is 2.72. The second-order valence-corrected chi connectivity index (χ2v) is 6.22. The van der Waals surface area contributed by atoms with Gasteiger partial charge in [0, 0.05) is 18.2 Å². The Hall–Kier alpha value is -2.84. The van der Waals surface area contributed by atoms with E-state index in [0.717, 1.165) is 12.3 Å². The first kappa shape index (κ1) is 18.0. The lowest BCUT2D eigenvalue weighted by Crippen LogP contribution is -2.19. The minimum atomic E-state index is 0.204. The van der Waals surface area contributed by atoms with Gasteiger partial charge in [0.05, 0.1) is 7.11 Å². The van der Waals surface area contributed by atoms with Crippen molar-refractivity contribution in [2.75, 3.05) is 13.7 Å². The molecule has 2 nitrogen and oxygen atoms in total. The second kappa shape index (κ2) is 9.02. The maximum Gasteiger partial charge on any atom is 0.123 e. The topological polar surface area (TPSA) is 21.3 Å². The van der Waals surface area contributed by atoms with Gasteiger partial charge < -0.3 is 10.1 Å². The Kier molecular flexibility index (Phi) is 6.24. The Morgan fingerprint density at radius 2 is 1.38 bits per heavy atom. The number of para-hydroxylation sites is 1. The van der Waals surface area contributed by atoms with Crippen LogP contribution in [0.1, 0.15) is 29.7 Å². The van der Waals surface area contributed by atoms with E-state index >= 15 is 0 Å². The van der Waals surface area contributed by atoms with Gasteiger partial charge in [-0.25, -0.2) is 0 Å². The van der Waals surface area contributed by atoms with Crippen LogP contribution < -0.4 is 10.1 Å². The summed E-state index contributed by atoms with van der Waals surface area (Å²) in [5.41, 5.74) is 4.87. The van der Waals surface area contributed by atoms with E-state index in [4.69, 9.17) is 4.74 Å². The van der Waals surface area contributed by atoms with Crippen molar-refractivity contribution in [3.05, 3.63) is 108 Å². The van der Waals surface area contributed by atoms with Gasteiger partial charge in [-0.1, -0.05) is 84.9 Å². The zero-order valence-electron chi connectivity index (χ0n) is 15.4. The fourth-order valence-corrected chi connectivity index (χ4v) is 3.11. The Labute approximate surface area is 156 Å². The minimum Gasteiger partial charge on any atom is -0.496 e. The molecule has 0 aromatic heterocycles. The molecule has 132 valence electrons. The molecule has 0 unspecified atom stereocenters. The SMILES string of the molecule is COc1ccccc1[C@@H](C)NCC=C(c1ccccc1)c1ccccc1. The van der Waals surface area contributed by atoms with Gasteiger partial charge in [0.1, 0.15) is 5.75 Å². The average molecular weight is 343 g/mol. The van der Waals surface area contributed by atoms with Crippen LogP contribution in [0.3, 0.4) is 0 Å². The number of hydrogen-bond acceptors (Lipinski definition) is 2. The van der Waals surface area contributed by atoms with Gasteiger partial charge in [0.25, 0.3) is 0 Å². The van der Waals surface area contributed by atoms with Crippen molar-refractivity contribution >= 4 is 5.57 Å². The Bertz CT molecular complexity index is 799. The van der Waals surface area contributed by atoms with Gasteiger partial charge >= 0.3 is 0 Å². The molecule has 2 heteroatoms. The minimum absolute atomic E-state index is 0.204. The molecule has 0 fully saturated rings. The number of benzene rings is 3. The van der Waals surface area contributed by atoms with E-state index in [1.54, 1.807) is 7.11 Å². The Morgan fingerprint density at radius 3 is 1.96 bits per heavy atom. The Balaban J connectivity index is 1.79. The normalized spacial score (nSPS) is 11.6. The molecule has 0 bridgehead atoms. The number of rotatable bonds is 7. The molecule has 1 atom stereocenters. The largest absolute Gasteiger partial charge is 0.496 e. The zero-order valence-corrected chi connectivity index (χ0v) is 15.4. The summed E-state index contributed by atoms with van der Waals surface area (Å²) in [4.78, 5) is 0. The fraction of sp³-hybridized carbons (Fsp3) is 0.167. The molecule has 0 aliphatic carbocycles. The highest BCUT2D eigenvalue weighted by Crippen LogP contribution is 2.25. The molecule has 3 rings (SSSR count). The van der Waals surface area contributed by atoms with E-state index in [1.807, 2.05) is 30.3 Å². The number of methoxy groups -OCH3 is 1. The summed E-state index contributed by atoms with van der Waals surface area (Å²) in [7, 11) is 1.72. The van der Waals surface area contributed by atoms with Crippen LogP contribution in [0.4, 0.5) is 0 Å². The maximum absolute atomic E-state index is 5.48. The van der Waals surface area contributed by atoms with Crippen LogP contribution in [0.25, 0.3) is 5.57 Å². The van der Waals surface area contributed by atoms with Gasteiger partial charge in [-0.15, -0.1) is 0 Å². The van der Waals surface area contributed by atoms with Crippen molar-refractivity contribution in [1.29, 1.82) is 0 Å². The lowest BCUT2D eigenvalue weighted by Gasteiger charge is -2.17. The van der Waals surface area contributed by atoms with Crippen LogP contribution in [0.5, 0.6) is 5.75 Å². The second-order valence-electron chi connectivity index (χ2n) is 6.22. The summed E-state index contributed by atoms with van der Waals surface area (Å²) in [6.45, 7) is 2.94. The molecule has 0 radical (unpaired) electrons. The predicted molar refractivity (Wildman–Crippen MR) is 109 cm³/mol. The van der Waals surface area contributed by atoms with Crippen molar-refractivity contribution in [3.8, 4) is 5.75 Å². The molecule has 0 saturated heterocycles. The quantitative estimate of drug-likeness (QED) is 0.613. The number of hydrogen-bond donors (Lipinski definition) is 1. The van der Waals surface area contributed by atoms with E-state index < -0.39 is 0 Å². The molecule has 1 N–H and O–H groups in total. The molecule has 0 aliphatic heterocycles. The molecule has 0 heterocycles. The lowest BCUT2D eigenvalue weighted by molar-refractivity contribution is 0.403. The molecule has 0 amide bonds. The van der Waals surface area contributed by atoms with Gasteiger partial charge in [-0.2, -0.15) is 0 Å². The molecular weight excluding hydrogens is 318 g/mol. The maximum atomic E-state index is 5.48. The zero-order chi connectivity index (χ0) is 18.2. The first-order chi connectivity index (χ1) is 12.8. The molecule has 3 aromatic carbocycles. The van der Waals surface area contributed by atoms with Crippen LogP contribution in [0.2, 0.25) is 0 Å². The van der Waals surface area contributed by atoms with Crippen LogP contribution in [0.15, 0.2) is 91.0 Å². The van der Waals surface area contributed by atoms with Crippen LogP contribution in [0, 0.1) is 0 Å². The molecule has 0 saturated carbocycles. The van der Waals surface area contributed by atoms with Crippen molar-refractivity contribution in [1.82, 2.24) is 5.32 Å². The molecular formula is C24H25NO. The predicted octanol–water partition coefficient (Wildman–Crippen LogP) is 5.48. The van der Waals surface area contributed by atoms with Crippen LogP contribution in [-0.4, -0.2) is 13.7 Å². The van der Waals surface area contributed by atoms with Crippen molar-refractivity contribution in [2.45, 2.75) is 13.0 Å². The highest BCUT2D eigenvalue weighted by molar-refractivity contribution is 5.79. The monoisotopic (exact) mass is 343 g/mol. The third-order valence-electron chi connectivity index (χ3n) is 4.51. The molecule has 26 heavy (non-hydrogen) atoms. The lowest BCUT2D eigenvalue weighted by atomic mass is 9.97. The third kappa shape index (κ3) is 4.41. The smallest absolute Gasteiger partial charge is 0.123 e. The summed E-state index contributed by atoms with van der Waals surface area (Å²) >= 11 is 0. The van der Waals surface area contributed by atoms with Crippen molar-refractivity contribution < 1.29 is 4.74 Å². The van der Waals surface area contributed by atoms with Crippen molar-refractivity contribution in [3.63, 3.8) is 0 Å². The van der Waals surface area contributed by atoms with E-state index in [9.17, 15) is 0 Å². The van der Waals surface area contributed by atoms with E-state index in [-0.39, 0.29) is 6.04 Å². The standard InChI is InChI=1S/C24H25NO/c1-19(22-15-9-10-16-24(22)26-2)25-18-17-23(20-11-5-3-6-12-20)21-13-7-4-8-14-21/h3-17,19,25H,18H2,1-2H3/t19-/m1/s1. The van der Waals surface area contributed by atoms with Gasteiger partial charge in [-0.05, 0) is 29.7 Å². The summed E-state index contributed by atoms with van der Waals surface area (Å²) in [5.74, 6) is 0.919. The van der Waals surface area contributed by atoms with Crippen molar-refractivity contribution in [2.24, 2.45) is 0 Å². The highest BCUT2D eigenvalue weighted by atomic mass is 16.5. The third-order valence-corrected chi connectivity index (χ3v) is 4.51. The molecule has 3 aromatic rings. The van der Waals surface area contributed by atoms with Gasteiger partial charge in [-0.3, -0.25) is 0 Å². The van der Waals surface area contributed by atoms with Gasteiger partial charge in [0.15, 0.2) is 0 Å². The fourth-order valence-electron chi connectivity index (χ4n) is 3.11. The van der Waals surface area contributed by atoms with E-state index in [1.165, 1.54) is 22.3 Å². The molecule has 0 spiro atoms. The first-order valence-corrected chi connectivity index (χ1v) is 8.97. The van der Waals surface area contributed by atoms with Crippen LogP contribution >= 0.6 is 0 Å².